The van der Waals surface area contributed by atoms with Crippen LogP contribution in [0.25, 0.3) is 0 Å². The van der Waals surface area contributed by atoms with Crippen LogP contribution in [-0.2, 0) is 29.7 Å². The molecule has 0 atom stereocenters. The third-order valence-electron chi connectivity index (χ3n) is 2.03. The van der Waals surface area contributed by atoms with Crippen molar-refractivity contribution in [2.24, 2.45) is 15.3 Å². The van der Waals surface area contributed by atoms with Gasteiger partial charge in [-0.3, -0.25) is 5.43 Å². The van der Waals surface area contributed by atoms with Crippen molar-refractivity contribution in [1.82, 2.24) is 10.3 Å². The number of aromatic nitrogens is 1. The van der Waals surface area contributed by atoms with E-state index < -0.39 is 0 Å². The predicted molar refractivity (Wildman–Crippen MR) is 77.9 cm³/mol. The summed E-state index contributed by atoms with van der Waals surface area (Å²) in [4.78, 5) is 4.09. The van der Waals surface area contributed by atoms with Gasteiger partial charge in [0, 0.05) is 30.3 Å². The van der Waals surface area contributed by atoms with Gasteiger partial charge < -0.3 is 17.9 Å². The summed E-state index contributed by atoms with van der Waals surface area (Å²) < 4.78 is 0. The fraction of sp³-hybridized carbons (Fsp3) is 0.273. The van der Waals surface area contributed by atoms with Gasteiger partial charge in [0.05, 0.1) is 11.4 Å². The first-order valence-corrected chi connectivity index (χ1v) is 5.73. The number of nitrogens with zero attached hydrogens (tertiary/aromatic N) is 4. The van der Waals surface area contributed by atoms with E-state index >= 15 is 0 Å². The summed E-state index contributed by atoms with van der Waals surface area (Å²) in [6, 6.07) is 5.54. The maximum Gasteiger partial charge on any atom is 0.146 e. The number of hydrogen-bond donors (Lipinski definition) is 2. The van der Waals surface area contributed by atoms with Crippen molar-refractivity contribution in [3.05, 3.63) is 24.4 Å². The normalized spacial score (nSPS) is 12.7. The number of hydrogen-bond acceptors (Lipinski definition) is 6. The second-order valence-electron chi connectivity index (χ2n) is 3.36. The fourth-order valence-corrected chi connectivity index (χ4v) is 0.935. The summed E-state index contributed by atoms with van der Waals surface area (Å²) >= 11 is 4.85. The standard InChI is InChI=1S/C11H16N6S.Mn/c1-8(9(2)15-17-11(18)12-3)14-16-10-6-4-5-7-13-10;/h4-7H,1-3H3,(H,13,16)(H2,12,17,18);/p-1. The van der Waals surface area contributed by atoms with Crippen LogP contribution >= 0.6 is 0 Å². The molecule has 103 valence electrons. The molecule has 19 heavy (non-hydrogen) atoms. The predicted octanol–water partition coefficient (Wildman–Crippen LogP) is 1.37. The molecule has 2 N–H and O–H groups in total. The molecule has 0 fully saturated rings. The number of amidine groups is 1. The minimum Gasteiger partial charge on any atom is -0.741 e. The van der Waals surface area contributed by atoms with Crippen LogP contribution in [-0.4, -0.2) is 28.6 Å². The quantitative estimate of drug-likeness (QED) is 0.289. The third-order valence-corrected chi connectivity index (χ3v) is 2.32. The van der Waals surface area contributed by atoms with E-state index in [1.165, 1.54) is 0 Å². The summed E-state index contributed by atoms with van der Waals surface area (Å²) in [7, 11) is 1.69. The van der Waals surface area contributed by atoms with Gasteiger partial charge in [-0.15, -0.1) is 0 Å². The van der Waals surface area contributed by atoms with E-state index in [-0.39, 0.29) is 17.1 Å². The molecule has 0 unspecified atom stereocenters. The van der Waals surface area contributed by atoms with E-state index in [0.717, 1.165) is 0 Å². The molecule has 1 aromatic rings. The number of pyridine rings is 1. The van der Waals surface area contributed by atoms with Crippen LogP contribution in [0, 0.1) is 0 Å². The Morgan fingerprint density at radius 2 is 1.95 bits per heavy atom. The Hall–Kier alpha value is -1.50. The molecule has 0 amide bonds. The zero-order chi connectivity index (χ0) is 13.4. The number of hydrazone groups is 1. The van der Waals surface area contributed by atoms with Crippen molar-refractivity contribution < 1.29 is 17.1 Å². The van der Waals surface area contributed by atoms with Crippen molar-refractivity contribution in [1.29, 1.82) is 0 Å². The van der Waals surface area contributed by atoms with Gasteiger partial charge in [0.1, 0.15) is 5.82 Å². The zero-order valence-corrected chi connectivity index (χ0v) is 12.9. The molecule has 0 bridgehead atoms. The molecule has 1 aromatic heterocycles. The first-order valence-electron chi connectivity index (χ1n) is 5.32. The molecule has 6 nitrogen and oxygen atoms in total. The molecule has 0 saturated carbocycles. The maximum absolute atomic E-state index is 4.85. The molecule has 1 radical (unpaired) electrons. The van der Waals surface area contributed by atoms with Crippen LogP contribution in [0.15, 0.2) is 39.7 Å². The second kappa shape index (κ2) is 9.43. The summed E-state index contributed by atoms with van der Waals surface area (Å²) in [5, 5.41) is 14.9. The van der Waals surface area contributed by atoms with Crippen molar-refractivity contribution >= 4 is 35.0 Å². The van der Waals surface area contributed by atoms with E-state index in [9.17, 15) is 0 Å². The first-order chi connectivity index (χ1) is 8.63. The zero-order valence-electron chi connectivity index (χ0n) is 10.9. The summed E-state index contributed by atoms with van der Waals surface area (Å²) in [6.45, 7) is 3.63. The van der Waals surface area contributed by atoms with Gasteiger partial charge in [0.25, 0.3) is 0 Å². The SMILES string of the molecule is CNC([S-])=NN=C(C)C(C)=NNc1ccccn1.[Mn]. The number of anilines is 1. The molecule has 0 aliphatic rings. The number of rotatable bonds is 4. The van der Waals surface area contributed by atoms with E-state index in [1.807, 2.05) is 25.1 Å². The van der Waals surface area contributed by atoms with Gasteiger partial charge in [0.2, 0.25) is 0 Å². The Balaban J connectivity index is 0.00000324. The van der Waals surface area contributed by atoms with Crippen molar-refractivity contribution in [3.8, 4) is 0 Å². The monoisotopic (exact) mass is 318 g/mol. The Labute approximate surface area is 128 Å². The molecule has 1 rings (SSSR count). The Bertz CT molecular complexity index is 471. The van der Waals surface area contributed by atoms with Crippen LogP contribution in [0.5, 0.6) is 0 Å². The number of nitrogens with one attached hydrogen (secondary N) is 2. The van der Waals surface area contributed by atoms with E-state index in [1.54, 1.807) is 20.2 Å². The van der Waals surface area contributed by atoms with Crippen molar-refractivity contribution in [3.63, 3.8) is 0 Å². The Morgan fingerprint density at radius 3 is 2.53 bits per heavy atom. The van der Waals surface area contributed by atoms with Gasteiger partial charge in [-0.05, 0) is 31.1 Å². The average molecular weight is 318 g/mol. The van der Waals surface area contributed by atoms with Gasteiger partial charge in [-0.1, -0.05) is 6.07 Å². The molecular weight excluding hydrogens is 303 g/mol. The van der Waals surface area contributed by atoms with Gasteiger partial charge in [-0.25, -0.2) is 4.98 Å². The van der Waals surface area contributed by atoms with Crippen molar-refractivity contribution in [2.75, 3.05) is 12.5 Å². The molecule has 0 aromatic carbocycles. The molecule has 0 aliphatic heterocycles. The average Bonchev–Trinajstić information content (AvgIpc) is 2.42. The van der Waals surface area contributed by atoms with Crippen LogP contribution in [0.4, 0.5) is 5.82 Å². The third kappa shape index (κ3) is 6.85. The van der Waals surface area contributed by atoms with Crippen LogP contribution in [0.1, 0.15) is 13.8 Å². The van der Waals surface area contributed by atoms with Gasteiger partial charge in [-0.2, -0.15) is 15.3 Å². The largest absolute Gasteiger partial charge is 0.741 e. The minimum absolute atomic E-state index is 0. The van der Waals surface area contributed by atoms with E-state index in [4.69, 9.17) is 12.6 Å². The van der Waals surface area contributed by atoms with E-state index in [0.29, 0.717) is 22.4 Å². The van der Waals surface area contributed by atoms with E-state index in [2.05, 4.69) is 31.0 Å². The molecule has 0 saturated heterocycles. The molecule has 8 heteroatoms. The van der Waals surface area contributed by atoms with Gasteiger partial charge in [0.15, 0.2) is 0 Å². The molecule has 0 aliphatic carbocycles. The summed E-state index contributed by atoms with van der Waals surface area (Å²) in [5.41, 5.74) is 4.22. The van der Waals surface area contributed by atoms with Crippen LogP contribution < -0.4 is 10.7 Å². The molecule has 0 spiro atoms. The first kappa shape index (κ1) is 17.5. The molecule has 1 heterocycles. The smallest absolute Gasteiger partial charge is 0.146 e. The Morgan fingerprint density at radius 1 is 1.21 bits per heavy atom. The fourth-order valence-electron chi connectivity index (χ4n) is 0.894. The molecular formula is C11H15MnN6S-. The summed E-state index contributed by atoms with van der Waals surface area (Å²) in [6.07, 6.45) is 1.69. The van der Waals surface area contributed by atoms with Crippen molar-refractivity contribution in [2.45, 2.75) is 13.8 Å². The Kier molecular flexibility index (Phi) is 8.69. The minimum atomic E-state index is 0. The van der Waals surface area contributed by atoms with Crippen LogP contribution in [0.2, 0.25) is 0 Å². The van der Waals surface area contributed by atoms with Crippen LogP contribution in [0.3, 0.4) is 0 Å². The second-order valence-corrected chi connectivity index (χ2v) is 3.75. The summed E-state index contributed by atoms with van der Waals surface area (Å²) in [5.74, 6) is 0.673. The topological polar surface area (TPSA) is 74.0 Å². The maximum atomic E-state index is 4.85. The van der Waals surface area contributed by atoms with Gasteiger partial charge >= 0.3 is 0 Å².